The lowest BCUT2D eigenvalue weighted by Crippen LogP contribution is -2.40. The van der Waals surface area contributed by atoms with Crippen molar-refractivity contribution in [1.82, 2.24) is 10.6 Å². The fourth-order valence-electron chi connectivity index (χ4n) is 1.79. The first-order valence-corrected chi connectivity index (χ1v) is 8.25. The first-order chi connectivity index (χ1) is 11.1. The lowest BCUT2D eigenvalue weighted by Gasteiger charge is -2.21. The van der Waals surface area contributed by atoms with E-state index >= 15 is 0 Å². The summed E-state index contributed by atoms with van der Waals surface area (Å²) in [6, 6.07) is 3.87. The zero-order chi connectivity index (χ0) is 17.0. The Kier molecular flexibility index (Phi) is 9.40. The van der Waals surface area contributed by atoms with Crippen LogP contribution in [0.4, 0.5) is 0 Å². The van der Waals surface area contributed by atoms with Gasteiger partial charge < -0.3 is 24.5 Å². The van der Waals surface area contributed by atoms with Gasteiger partial charge in [-0.3, -0.25) is 4.99 Å². The molecular formula is C17H31N3O3. The molecule has 0 saturated heterocycles. The van der Waals surface area contributed by atoms with E-state index in [1.807, 2.05) is 32.9 Å². The number of nitrogens with one attached hydrogen (secondary N) is 2. The number of aliphatic imine (C=N–C) groups is 1. The maximum absolute atomic E-state index is 5.41. The second-order valence-electron chi connectivity index (χ2n) is 5.86. The summed E-state index contributed by atoms with van der Waals surface area (Å²) in [6.07, 6.45) is 3.46. The van der Waals surface area contributed by atoms with Gasteiger partial charge >= 0.3 is 0 Å². The Morgan fingerprint density at radius 1 is 1.30 bits per heavy atom. The molecule has 0 spiro atoms. The van der Waals surface area contributed by atoms with Gasteiger partial charge in [0.25, 0.3) is 0 Å². The summed E-state index contributed by atoms with van der Waals surface area (Å²) in [4.78, 5) is 4.60. The molecule has 0 unspecified atom stereocenters. The normalized spacial score (nSPS) is 12.4. The molecule has 0 bridgehead atoms. The molecule has 0 aromatic carbocycles. The highest BCUT2D eigenvalue weighted by Crippen LogP contribution is 2.07. The second kappa shape index (κ2) is 11.1. The molecule has 0 aliphatic carbocycles. The molecule has 0 fully saturated rings. The van der Waals surface area contributed by atoms with E-state index in [1.54, 1.807) is 13.4 Å². The Hall–Kier alpha value is -1.53. The van der Waals surface area contributed by atoms with E-state index in [-0.39, 0.29) is 5.60 Å². The topological polar surface area (TPSA) is 68.0 Å². The highest BCUT2D eigenvalue weighted by molar-refractivity contribution is 5.79. The number of hydrogen-bond donors (Lipinski definition) is 2. The molecule has 0 aliphatic rings. The largest absolute Gasteiger partial charge is 0.469 e. The van der Waals surface area contributed by atoms with E-state index in [4.69, 9.17) is 13.9 Å². The van der Waals surface area contributed by atoms with Gasteiger partial charge in [0, 0.05) is 39.8 Å². The molecule has 1 aromatic heterocycles. The molecule has 0 amide bonds. The van der Waals surface area contributed by atoms with Crippen molar-refractivity contribution < 1.29 is 13.9 Å². The van der Waals surface area contributed by atoms with Crippen LogP contribution in [-0.2, 0) is 15.9 Å². The van der Waals surface area contributed by atoms with Gasteiger partial charge in [0.15, 0.2) is 5.96 Å². The molecule has 0 atom stereocenters. The third-order valence-electron chi connectivity index (χ3n) is 3.38. The van der Waals surface area contributed by atoms with Crippen LogP contribution in [0.15, 0.2) is 27.8 Å². The molecular weight excluding hydrogens is 294 g/mol. The summed E-state index contributed by atoms with van der Waals surface area (Å²) in [6.45, 7) is 9.72. The molecule has 6 heteroatoms. The molecule has 1 heterocycles. The summed E-state index contributed by atoms with van der Waals surface area (Å²) in [5.74, 6) is 1.75. The molecule has 0 radical (unpaired) electrons. The van der Waals surface area contributed by atoms with Crippen LogP contribution >= 0.6 is 0 Å². The van der Waals surface area contributed by atoms with Crippen molar-refractivity contribution in [1.29, 1.82) is 0 Å². The summed E-state index contributed by atoms with van der Waals surface area (Å²) in [5, 5.41) is 6.66. The number of nitrogens with zero attached hydrogens (tertiary/aromatic N) is 1. The summed E-state index contributed by atoms with van der Waals surface area (Å²) >= 11 is 0. The van der Waals surface area contributed by atoms with Crippen LogP contribution in [0.25, 0.3) is 0 Å². The fraction of sp³-hybridized carbons (Fsp3) is 0.706. The van der Waals surface area contributed by atoms with Crippen molar-refractivity contribution in [2.45, 2.75) is 39.2 Å². The van der Waals surface area contributed by atoms with Gasteiger partial charge in [-0.1, -0.05) is 0 Å². The van der Waals surface area contributed by atoms with Crippen molar-refractivity contribution in [3.63, 3.8) is 0 Å². The first-order valence-electron chi connectivity index (χ1n) is 8.25. The van der Waals surface area contributed by atoms with Gasteiger partial charge in [-0.2, -0.15) is 0 Å². The third-order valence-corrected chi connectivity index (χ3v) is 3.38. The van der Waals surface area contributed by atoms with E-state index in [2.05, 4.69) is 15.6 Å². The van der Waals surface area contributed by atoms with Gasteiger partial charge in [0.1, 0.15) is 5.76 Å². The second-order valence-corrected chi connectivity index (χ2v) is 5.86. The zero-order valence-electron chi connectivity index (χ0n) is 14.9. The highest BCUT2D eigenvalue weighted by Gasteiger charge is 2.15. The molecule has 6 nitrogen and oxygen atoms in total. The summed E-state index contributed by atoms with van der Waals surface area (Å²) < 4.78 is 16.1. The van der Waals surface area contributed by atoms with E-state index in [0.29, 0.717) is 6.54 Å². The minimum absolute atomic E-state index is 0.277. The zero-order valence-corrected chi connectivity index (χ0v) is 14.9. The molecule has 1 aromatic rings. The van der Waals surface area contributed by atoms with E-state index in [1.165, 1.54) is 0 Å². The minimum atomic E-state index is -0.277. The molecule has 2 N–H and O–H groups in total. The molecule has 23 heavy (non-hydrogen) atoms. The Bertz CT molecular complexity index is 430. The maximum atomic E-state index is 5.41. The number of ether oxygens (including phenoxy) is 2. The molecule has 1 rings (SSSR count). The minimum Gasteiger partial charge on any atom is -0.469 e. The number of hydrogen-bond acceptors (Lipinski definition) is 4. The molecule has 0 saturated carbocycles. The average molecular weight is 325 g/mol. The number of guanidine groups is 1. The Morgan fingerprint density at radius 3 is 2.74 bits per heavy atom. The fourth-order valence-corrected chi connectivity index (χ4v) is 1.79. The Labute approximate surface area is 139 Å². The van der Waals surface area contributed by atoms with Crippen molar-refractivity contribution >= 4 is 5.96 Å². The average Bonchev–Trinajstić information content (AvgIpc) is 3.05. The summed E-state index contributed by atoms with van der Waals surface area (Å²) in [7, 11) is 1.70. The Morgan fingerprint density at radius 2 is 2.09 bits per heavy atom. The van der Waals surface area contributed by atoms with Crippen LogP contribution in [0.3, 0.4) is 0 Å². The van der Waals surface area contributed by atoms with Gasteiger partial charge in [0.2, 0.25) is 0 Å². The SMILES string of the molecule is CCOCCCNC(=NCC(C)(C)OC)NCCc1ccco1. The van der Waals surface area contributed by atoms with Crippen LogP contribution in [-0.4, -0.2) is 51.5 Å². The lowest BCUT2D eigenvalue weighted by atomic mass is 10.1. The van der Waals surface area contributed by atoms with Crippen LogP contribution in [0.1, 0.15) is 33.0 Å². The van der Waals surface area contributed by atoms with Crippen molar-refractivity contribution in [2.75, 3.05) is 40.0 Å². The van der Waals surface area contributed by atoms with Crippen molar-refractivity contribution in [2.24, 2.45) is 4.99 Å². The molecule has 132 valence electrons. The van der Waals surface area contributed by atoms with Gasteiger partial charge in [-0.15, -0.1) is 0 Å². The van der Waals surface area contributed by atoms with Crippen molar-refractivity contribution in [3.8, 4) is 0 Å². The standard InChI is InChI=1S/C17H31N3O3/c1-5-22-12-7-10-18-16(20-14-17(2,3)21-4)19-11-9-15-8-6-13-23-15/h6,8,13H,5,7,9-12,14H2,1-4H3,(H2,18,19,20). The highest BCUT2D eigenvalue weighted by atomic mass is 16.5. The van der Waals surface area contributed by atoms with Crippen LogP contribution in [0.5, 0.6) is 0 Å². The Balaban J connectivity index is 2.41. The van der Waals surface area contributed by atoms with Gasteiger partial charge in [-0.05, 0) is 39.3 Å². The molecule has 0 aliphatic heterocycles. The maximum Gasteiger partial charge on any atom is 0.191 e. The van der Waals surface area contributed by atoms with E-state index < -0.39 is 0 Å². The predicted octanol–water partition coefficient (Wildman–Crippen LogP) is 2.21. The van der Waals surface area contributed by atoms with E-state index in [0.717, 1.165) is 50.9 Å². The smallest absolute Gasteiger partial charge is 0.191 e. The number of furan rings is 1. The van der Waals surface area contributed by atoms with E-state index in [9.17, 15) is 0 Å². The van der Waals surface area contributed by atoms with Gasteiger partial charge in [0.05, 0.1) is 18.4 Å². The quantitative estimate of drug-likeness (QED) is 0.371. The number of rotatable bonds is 11. The monoisotopic (exact) mass is 325 g/mol. The third kappa shape index (κ3) is 9.25. The van der Waals surface area contributed by atoms with Crippen LogP contribution < -0.4 is 10.6 Å². The van der Waals surface area contributed by atoms with Crippen molar-refractivity contribution in [3.05, 3.63) is 24.2 Å². The number of methoxy groups -OCH3 is 1. The predicted molar refractivity (Wildman–Crippen MR) is 92.9 cm³/mol. The van der Waals surface area contributed by atoms with Gasteiger partial charge in [-0.25, -0.2) is 0 Å². The summed E-state index contributed by atoms with van der Waals surface area (Å²) in [5.41, 5.74) is -0.277. The van der Waals surface area contributed by atoms with Crippen LogP contribution in [0.2, 0.25) is 0 Å². The van der Waals surface area contributed by atoms with Crippen LogP contribution in [0, 0.1) is 0 Å². The first kappa shape index (κ1) is 19.5. The lowest BCUT2D eigenvalue weighted by molar-refractivity contribution is 0.0310.